The highest BCUT2D eigenvalue weighted by molar-refractivity contribution is 5.16. The van der Waals surface area contributed by atoms with Crippen molar-refractivity contribution in [2.45, 2.75) is 58.4 Å². The van der Waals surface area contributed by atoms with Crippen LogP contribution in [0.2, 0.25) is 0 Å². The van der Waals surface area contributed by atoms with E-state index in [9.17, 15) is 5.26 Å². The quantitative estimate of drug-likeness (QED) is 0.801. The summed E-state index contributed by atoms with van der Waals surface area (Å²) in [5.41, 5.74) is 0.208. The predicted molar refractivity (Wildman–Crippen MR) is 78.8 cm³/mol. The summed E-state index contributed by atoms with van der Waals surface area (Å²) >= 11 is 0. The molecule has 0 radical (unpaired) electrons. The van der Waals surface area contributed by atoms with Gasteiger partial charge in [0.05, 0.1) is 6.07 Å². The summed E-state index contributed by atoms with van der Waals surface area (Å²) in [6.45, 7) is 11.1. The summed E-state index contributed by atoms with van der Waals surface area (Å²) in [6, 6.07) is 2.63. The maximum atomic E-state index is 9.71. The van der Waals surface area contributed by atoms with E-state index in [2.05, 4.69) is 37.1 Å². The zero-order valence-electron chi connectivity index (χ0n) is 12.8. The van der Waals surface area contributed by atoms with E-state index in [1.807, 2.05) is 0 Å². The molecule has 1 heterocycles. The second-order valence-electron chi connectivity index (χ2n) is 7.22. The van der Waals surface area contributed by atoms with E-state index < -0.39 is 0 Å². The van der Waals surface area contributed by atoms with Gasteiger partial charge < -0.3 is 4.90 Å². The molecule has 1 saturated carbocycles. The average Bonchev–Trinajstić information content (AvgIpc) is 3.21. The van der Waals surface area contributed by atoms with E-state index in [-0.39, 0.29) is 5.54 Å². The summed E-state index contributed by atoms with van der Waals surface area (Å²) in [5.74, 6) is 0.582. The molecule has 1 aliphatic carbocycles. The number of nitrogens with zero attached hydrogens (tertiary/aromatic N) is 2. The Morgan fingerprint density at radius 1 is 1.32 bits per heavy atom. The molecule has 1 unspecified atom stereocenters. The monoisotopic (exact) mass is 263 g/mol. The van der Waals surface area contributed by atoms with Crippen LogP contribution in [0.3, 0.4) is 0 Å². The molecule has 0 spiro atoms. The van der Waals surface area contributed by atoms with Crippen LogP contribution in [0.15, 0.2) is 0 Å². The largest absolute Gasteiger partial charge is 0.300 e. The summed E-state index contributed by atoms with van der Waals surface area (Å²) in [6.07, 6.45) is 6.07. The number of nitriles is 1. The summed E-state index contributed by atoms with van der Waals surface area (Å²) in [5, 5.41) is 13.3. The van der Waals surface area contributed by atoms with Gasteiger partial charge in [0.15, 0.2) is 0 Å². The van der Waals surface area contributed by atoms with E-state index in [1.165, 1.54) is 25.7 Å². The van der Waals surface area contributed by atoms with Gasteiger partial charge in [0.25, 0.3) is 0 Å². The fourth-order valence-electron chi connectivity index (χ4n) is 3.09. The number of rotatable bonds is 6. The molecule has 1 aliphatic heterocycles. The lowest BCUT2D eigenvalue weighted by Gasteiger charge is -2.41. The third-order valence-electron chi connectivity index (χ3n) is 4.85. The van der Waals surface area contributed by atoms with Crippen molar-refractivity contribution in [3.63, 3.8) is 0 Å². The zero-order chi connectivity index (χ0) is 13.9. The van der Waals surface area contributed by atoms with Crippen LogP contribution in [-0.2, 0) is 0 Å². The second kappa shape index (κ2) is 5.81. The van der Waals surface area contributed by atoms with Crippen LogP contribution in [0.4, 0.5) is 0 Å². The van der Waals surface area contributed by atoms with Gasteiger partial charge in [0.2, 0.25) is 0 Å². The first-order chi connectivity index (χ1) is 9.01. The Hall–Kier alpha value is -0.590. The van der Waals surface area contributed by atoms with Gasteiger partial charge in [0.1, 0.15) is 5.54 Å². The highest BCUT2D eigenvalue weighted by Crippen LogP contribution is 2.41. The number of nitrogens with one attached hydrogen (secondary N) is 1. The van der Waals surface area contributed by atoms with Crippen molar-refractivity contribution >= 4 is 0 Å². The molecule has 19 heavy (non-hydrogen) atoms. The van der Waals surface area contributed by atoms with Crippen LogP contribution in [0.1, 0.15) is 52.9 Å². The van der Waals surface area contributed by atoms with Crippen molar-refractivity contribution in [1.82, 2.24) is 10.2 Å². The minimum absolute atomic E-state index is 0.280. The van der Waals surface area contributed by atoms with Crippen LogP contribution in [0.25, 0.3) is 0 Å². The molecule has 3 nitrogen and oxygen atoms in total. The SMILES string of the molecule is CCCNC(C#N)(CN1CCC(C)(C)CC1)C1CC1. The van der Waals surface area contributed by atoms with Crippen molar-refractivity contribution in [2.24, 2.45) is 11.3 Å². The van der Waals surface area contributed by atoms with Gasteiger partial charge in [-0.3, -0.25) is 5.32 Å². The van der Waals surface area contributed by atoms with Crippen molar-refractivity contribution in [3.8, 4) is 6.07 Å². The van der Waals surface area contributed by atoms with Crippen LogP contribution >= 0.6 is 0 Å². The summed E-state index contributed by atoms with van der Waals surface area (Å²) in [4.78, 5) is 2.51. The van der Waals surface area contributed by atoms with Crippen molar-refractivity contribution in [1.29, 1.82) is 5.26 Å². The topological polar surface area (TPSA) is 39.1 Å². The number of hydrogen-bond acceptors (Lipinski definition) is 3. The Balaban J connectivity index is 1.95. The van der Waals surface area contributed by atoms with E-state index in [1.54, 1.807) is 0 Å². The van der Waals surface area contributed by atoms with Crippen LogP contribution in [-0.4, -0.2) is 36.6 Å². The van der Waals surface area contributed by atoms with Gasteiger partial charge in [-0.2, -0.15) is 5.26 Å². The van der Waals surface area contributed by atoms with Crippen molar-refractivity contribution in [2.75, 3.05) is 26.2 Å². The van der Waals surface area contributed by atoms with E-state index in [0.717, 1.165) is 32.6 Å². The molecular weight excluding hydrogens is 234 g/mol. The van der Waals surface area contributed by atoms with Gasteiger partial charge in [0, 0.05) is 6.54 Å². The fourth-order valence-corrected chi connectivity index (χ4v) is 3.09. The minimum atomic E-state index is -0.280. The molecule has 1 saturated heterocycles. The molecule has 108 valence electrons. The number of likely N-dealkylation sites (tertiary alicyclic amines) is 1. The standard InChI is InChI=1S/C16H29N3/c1-4-9-18-16(12-17,14-5-6-14)13-19-10-7-15(2,3)8-11-19/h14,18H,4-11,13H2,1-3H3. The number of piperidine rings is 1. The van der Waals surface area contributed by atoms with E-state index >= 15 is 0 Å². The molecular formula is C16H29N3. The van der Waals surface area contributed by atoms with Gasteiger partial charge in [-0.15, -0.1) is 0 Å². The first-order valence-corrected chi connectivity index (χ1v) is 7.90. The van der Waals surface area contributed by atoms with Crippen LogP contribution in [0, 0.1) is 22.7 Å². The maximum absolute atomic E-state index is 9.71. The molecule has 2 rings (SSSR count). The van der Waals surface area contributed by atoms with Gasteiger partial charge >= 0.3 is 0 Å². The third-order valence-corrected chi connectivity index (χ3v) is 4.85. The Labute approximate surface area is 118 Å². The van der Waals surface area contributed by atoms with Crippen molar-refractivity contribution < 1.29 is 0 Å². The molecule has 0 bridgehead atoms. The highest BCUT2D eigenvalue weighted by Gasteiger charge is 2.46. The zero-order valence-corrected chi connectivity index (χ0v) is 12.8. The number of hydrogen-bond donors (Lipinski definition) is 1. The van der Waals surface area contributed by atoms with Crippen LogP contribution < -0.4 is 5.32 Å². The van der Waals surface area contributed by atoms with E-state index in [4.69, 9.17) is 0 Å². The maximum Gasteiger partial charge on any atom is 0.122 e. The second-order valence-corrected chi connectivity index (χ2v) is 7.22. The first kappa shape index (κ1) is 14.8. The fraction of sp³-hybridized carbons (Fsp3) is 0.938. The Morgan fingerprint density at radius 3 is 2.42 bits per heavy atom. The van der Waals surface area contributed by atoms with Crippen molar-refractivity contribution in [3.05, 3.63) is 0 Å². The normalized spacial score (nSPS) is 26.6. The lowest BCUT2D eigenvalue weighted by molar-refractivity contribution is 0.106. The molecule has 1 atom stereocenters. The Bertz CT molecular complexity index is 330. The molecule has 0 aromatic carbocycles. The molecule has 0 aromatic heterocycles. The minimum Gasteiger partial charge on any atom is -0.300 e. The van der Waals surface area contributed by atoms with Gasteiger partial charge in [-0.05, 0) is 63.1 Å². The highest BCUT2D eigenvalue weighted by atomic mass is 15.2. The molecule has 2 fully saturated rings. The Kier molecular flexibility index (Phi) is 4.53. The Morgan fingerprint density at radius 2 is 1.95 bits per heavy atom. The first-order valence-electron chi connectivity index (χ1n) is 7.90. The van der Waals surface area contributed by atoms with Gasteiger partial charge in [-0.1, -0.05) is 20.8 Å². The predicted octanol–water partition coefficient (Wildman–Crippen LogP) is 2.78. The van der Waals surface area contributed by atoms with Gasteiger partial charge in [-0.25, -0.2) is 0 Å². The van der Waals surface area contributed by atoms with E-state index in [0.29, 0.717) is 11.3 Å². The summed E-state index contributed by atoms with van der Waals surface area (Å²) in [7, 11) is 0. The summed E-state index contributed by atoms with van der Waals surface area (Å²) < 4.78 is 0. The molecule has 2 aliphatic rings. The molecule has 1 N–H and O–H groups in total. The third kappa shape index (κ3) is 3.70. The molecule has 0 amide bonds. The lowest BCUT2D eigenvalue weighted by Crippen LogP contribution is -2.56. The average molecular weight is 263 g/mol. The van der Waals surface area contributed by atoms with Crippen LogP contribution in [0.5, 0.6) is 0 Å². The molecule has 0 aromatic rings. The lowest BCUT2D eigenvalue weighted by atomic mass is 9.82. The smallest absolute Gasteiger partial charge is 0.122 e. The molecule has 3 heteroatoms.